The van der Waals surface area contributed by atoms with E-state index in [4.69, 9.17) is 10.9 Å². The Morgan fingerprint density at radius 3 is 2.32 bits per heavy atom. The van der Waals surface area contributed by atoms with Crippen molar-refractivity contribution in [2.45, 2.75) is 23.8 Å². The number of rotatable bonds is 6. The zero-order valence-electron chi connectivity index (χ0n) is 10.6. The number of anilines is 2. The smallest absolute Gasteiger partial charge is 0.240 e. The predicted octanol–water partition coefficient (Wildman–Crippen LogP) is -0.538. The fourth-order valence-electron chi connectivity index (χ4n) is 1.63. The number of sulfonamides is 1. The van der Waals surface area contributed by atoms with Gasteiger partial charge in [0.1, 0.15) is 4.90 Å². The molecule has 0 aliphatic carbocycles. The summed E-state index contributed by atoms with van der Waals surface area (Å²) in [5.41, 5.74) is 5.05. The first kappa shape index (κ1) is 15.7. The lowest BCUT2D eigenvalue weighted by Gasteiger charge is -2.31. The molecule has 0 aromatic heterocycles. The zero-order valence-corrected chi connectivity index (χ0v) is 11.4. The predicted molar refractivity (Wildman–Crippen MR) is 73.0 cm³/mol. The van der Waals surface area contributed by atoms with Gasteiger partial charge in [-0.1, -0.05) is 13.0 Å². The molecule has 8 heteroatoms. The number of hydrogen-bond donors (Lipinski definition) is 5. The molecule has 0 heterocycles. The van der Waals surface area contributed by atoms with E-state index in [-0.39, 0.29) is 23.8 Å². The summed E-state index contributed by atoms with van der Waals surface area (Å²) in [4.78, 5) is -0.196. The summed E-state index contributed by atoms with van der Waals surface area (Å²) >= 11 is 0. The Morgan fingerprint density at radius 1 is 1.32 bits per heavy atom. The van der Waals surface area contributed by atoms with Gasteiger partial charge in [-0.05, 0) is 18.6 Å². The van der Waals surface area contributed by atoms with E-state index in [1.54, 1.807) is 13.0 Å². The van der Waals surface area contributed by atoms with Crippen LogP contribution in [0.1, 0.15) is 13.3 Å². The van der Waals surface area contributed by atoms with Crippen molar-refractivity contribution in [1.82, 2.24) is 0 Å². The first-order valence-corrected chi connectivity index (χ1v) is 7.25. The Bertz CT molecular complexity index is 533. The SMILES string of the molecule is CCC(CO)(CO)Nc1cccc(S(N)(=O)=O)c1N. The van der Waals surface area contributed by atoms with E-state index in [2.05, 4.69) is 5.32 Å². The van der Waals surface area contributed by atoms with Gasteiger partial charge in [-0.15, -0.1) is 0 Å². The average Bonchev–Trinajstić information content (AvgIpc) is 2.37. The van der Waals surface area contributed by atoms with Gasteiger partial charge in [-0.25, -0.2) is 13.6 Å². The summed E-state index contributed by atoms with van der Waals surface area (Å²) in [7, 11) is -3.92. The van der Waals surface area contributed by atoms with Crippen molar-refractivity contribution < 1.29 is 18.6 Å². The van der Waals surface area contributed by atoms with Crippen molar-refractivity contribution in [1.29, 1.82) is 0 Å². The molecule has 0 aliphatic rings. The third-order valence-electron chi connectivity index (χ3n) is 3.05. The normalized spacial score (nSPS) is 12.4. The molecule has 7 nitrogen and oxygen atoms in total. The largest absolute Gasteiger partial charge is 0.396 e. The molecule has 0 bridgehead atoms. The first-order chi connectivity index (χ1) is 8.79. The molecule has 108 valence electrons. The van der Waals surface area contributed by atoms with Gasteiger partial charge in [0.15, 0.2) is 0 Å². The Labute approximate surface area is 112 Å². The van der Waals surface area contributed by atoms with Crippen LogP contribution >= 0.6 is 0 Å². The molecule has 0 spiro atoms. The highest BCUT2D eigenvalue weighted by Crippen LogP contribution is 2.29. The topological polar surface area (TPSA) is 139 Å². The molecule has 1 rings (SSSR count). The van der Waals surface area contributed by atoms with E-state index in [0.717, 1.165) is 0 Å². The lowest BCUT2D eigenvalue weighted by Crippen LogP contribution is -2.45. The van der Waals surface area contributed by atoms with Gasteiger partial charge < -0.3 is 21.3 Å². The summed E-state index contributed by atoms with van der Waals surface area (Å²) in [6.45, 7) is 1.14. The van der Waals surface area contributed by atoms with Crippen LogP contribution in [-0.4, -0.2) is 37.4 Å². The van der Waals surface area contributed by atoms with Crippen LogP contribution in [-0.2, 0) is 10.0 Å². The molecular weight excluding hydrogens is 270 g/mol. The molecule has 0 unspecified atom stereocenters. The van der Waals surface area contributed by atoms with Crippen molar-refractivity contribution in [3.05, 3.63) is 18.2 Å². The number of nitrogens with two attached hydrogens (primary N) is 2. The third kappa shape index (κ3) is 3.35. The minimum absolute atomic E-state index is 0.0373. The van der Waals surface area contributed by atoms with Crippen molar-refractivity contribution >= 4 is 21.4 Å². The number of nitrogen functional groups attached to an aromatic ring is 1. The van der Waals surface area contributed by atoms with E-state index >= 15 is 0 Å². The molecule has 0 fully saturated rings. The lowest BCUT2D eigenvalue weighted by atomic mass is 9.98. The second-order valence-electron chi connectivity index (χ2n) is 4.34. The van der Waals surface area contributed by atoms with Crippen LogP contribution in [0.4, 0.5) is 11.4 Å². The third-order valence-corrected chi connectivity index (χ3v) is 4.02. The second-order valence-corrected chi connectivity index (χ2v) is 5.87. The Kier molecular flexibility index (Phi) is 4.75. The van der Waals surface area contributed by atoms with Crippen molar-refractivity contribution in [2.24, 2.45) is 5.14 Å². The molecular formula is C11H19N3O4S. The molecule has 0 radical (unpaired) electrons. The molecule has 0 aliphatic heterocycles. The molecule has 0 atom stereocenters. The molecule has 1 aromatic carbocycles. The molecule has 1 aromatic rings. The molecule has 19 heavy (non-hydrogen) atoms. The minimum Gasteiger partial charge on any atom is -0.396 e. The van der Waals surface area contributed by atoms with E-state index in [1.807, 2.05) is 0 Å². The van der Waals surface area contributed by atoms with Crippen LogP contribution in [0.25, 0.3) is 0 Å². The maximum absolute atomic E-state index is 11.4. The van der Waals surface area contributed by atoms with Gasteiger partial charge >= 0.3 is 0 Å². The number of primary sulfonamides is 1. The number of nitrogens with one attached hydrogen (secondary N) is 1. The summed E-state index contributed by atoms with van der Waals surface area (Å²) < 4.78 is 22.7. The van der Waals surface area contributed by atoms with Crippen LogP contribution < -0.4 is 16.2 Å². The van der Waals surface area contributed by atoms with Crippen LogP contribution in [0, 0.1) is 0 Å². The van der Waals surface area contributed by atoms with Gasteiger partial charge in [0, 0.05) is 0 Å². The maximum Gasteiger partial charge on any atom is 0.240 e. The molecule has 0 saturated heterocycles. The minimum atomic E-state index is -3.92. The highest BCUT2D eigenvalue weighted by atomic mass is 32.2. The van der Waals surface area contributed by atoms with Gasteiger partial charge in [-0.3, -0.25) is 0 Å². The standard InChI is InChI=1S/C11H19N3O4S/c1-2-11(6-15,7-16)14-8-4-3-5-9(10(8)12)19(13,17)18/h3-5,14-16H,2,6-7,12H2,1H3,(H2,13,17,18). The summed E-state index contributed by atoms with van der Waals surface area (Å²) in [6, 6.07) is 4.33. The number of hydrogen-bond acceptors (Lipinski definition) is 6. The van der Waals surface area contributed by atoms with Crippen molar-refractivity contribution in [2.75, 3.05) is 24.3 Å². The monoisotopic (exact) mass is 289 g/mol. The van der Waals surface area contributed by atoms with Crippen LogP contribution in [0.3, 0.4) is 0 Å². The Hall–Kier alpha value is -1.35. The number of aliphatic hydroxyl groups is 2. The number of para-hydroxylation sites is 1. The Balaban J connectivity index is 3.23. The van der Waals surface area contributed by atoms with Crippen LogP contribution in [0.15, 0.2) is 23.1 Å². The van der Waals surface area contributed by atoms with Gasteiger partial charge in [-0.2, -0.15) is 0 Å². The van der Waals surface area contributed by atoms with Gasteiger partial charge in [0.05, 0.1) is 30.1 Å². The number of benzene rings is 1. The average molecular weight is 289 g/mol. The Morgan fingerprint density at radius 2 is 1.89 bits per heavy atom. The van der Waals surface area contributed by atoms with Crippen molar-refractivity contribution in [3.8, 4) is 0 Å². The van der Waals surface area contributed by atoms with Crippen molar-refractivity contribution in [3.63, 3.8) is 0 Å². The highest BCUT2D eigenvalue weighted by Gasteiger charge is 2.27. The maximum atomic E-state index is 11.4. The highest BCUT2D eigenvalue weighted by molar-refractivity contribution is 7.89. The first-order valence-electron chi connectivity index (χ1n) is 5.71. The van der Waals surface area contributed by atoms with Gasteiger partial charge in [0.25, 0.3) is 0 Å². The molecule has 0 saturated carbocycles. The summed E-state index contributed by atoms with van der Waals surface area (Å²) in [6.07, 6.45) is 0.430. The summed E-state index contributed by atoms with van der Waals surface area (Å²) in [5.74, 6) is 0. The van der Waals surface area contributed by atoms with E-state index < -0.39 is 15.6 Å². The molecule has 7 N–H and O–H groups in total. The second kappa shape index (κ2) is 5.74. The van der Waals surface area contributed by atoms with E-state index in [1.165, 1.54) is 12.1 Å². The quantitative estimate of drug-likeness (QED) is 0.446. The fraction of sp³-hybridized carbons (Fsp3) is 0.455. The van der Waals surface area contributed by atoms with E-state index in [9.17, 15) is 18.6 Å². The lowest BCUT2D eigenvalue weighted by molar-refractivity contribution is 0.132. The fourth-order valence-corrected chi connectivity index (χ4v) is 2.31. The van der Waals surface area contributed by atoms with E-state index in [0.29, 0.717) is 12.1 Å². The summed E-state index contributed by atoms with van der Waals surface area (Å²) in [5, 5.41) is 26.6. The van der Waals surface area contributed by atoms with Gasteiger partial charge in [0.2, 0.25) is 10.0 Å². The molecule has 0 amide bonds. The van der Waals surface area contributed by atoms with Crippen LogP contribution in [0.5, 0.6) is 0 Å². The zero-order chi connectivity index (χ0) is 14.7. The van der Waals surface area contributed by atoms with Crippen LogP contribution in [0.2, 0.25) is 0 Å². The number of aliphatic hydroxyl groups excluding tert-OH is 2.